The summed E-state index contributed by atoms with van der Waals surface area (Å²) in [5.41, 5.74) is 3.38. The Hall–Kier alpha value is -2.58. The first-order chi connectivity index (χ1) is 11.9. The van der Waals surface area contributed by atoms with Crippen LogP contribution in [0.2, 0.25) is 0 Å². The Labute approximate surface area is 143 Å². The minimum atomic E-state index is -0.150. The summed E-state index contributed by atoms with van der Waals surface area (Å²) in [5, 5.41) is 9.12. The molecule has 2 heteroatoms. The number of aliphatic hydroxyl groups excluding tert-OH is 1. The molecule has 0 atom stereocenters. The number of para-hydroxylation sites is 1. The molecule has 0 heterocycles. The molecule has 122 valence electrons. The van der Waals surface area contributed by atoms with E-state index in [0.29, 0.717) is 0 Å². The summed E-state index contributed by atoms with van der Waals surface area (Å²) in [6.07, 6.45) is 1.40. The van der Waals surface area contributed by atoms with Crippen molar-refractivity contribution in [1.29, 1.82) is 0 Å². The van der Waals surface area contributed by atoms with Gasteiger partial charge < -0.3 is 9.84 Å². The molecule has 2 nitrogen and oxygen atoms in total. The van der Waals surface area contributed by atoms with E-state index in [-0.39, 0.29) is 12.7 Å². The lowest BCUT2D eigenvalue weighted by Gasteiger charge is -2.22. The Kier molecular flexibility index (Phi) is 5.65. The minimum absolute atomic E-state index is 0.150. The second-order valence-corrected chi connectivity index (χ2v) is 5.75. The molecule has 1 N–H and O–H groups in total. The summed E-state index contributed by atoms with van der Waals surface area (Å²) in [7, 11) is 0. The normalized spacial score (nSPS) is 10.8. The van der Waals surface area contributed by atoms with Crippen LogP contribution in [-0.2, 0) is 6.42 Å². The van der Waals surface area contributed by atoms with E-state index in [1.165, 1.54) is 0 Å². The van der Waals surface area contributed by atoms with Crippen LogP contribution in [0.5, 0.6) is 5.75 Å². The maximum Gasteiger partial charge on any atom is 0.149 e. The van der Waals surface area contributed by atoms with Crippen molar-refractivity contribution in [2.75, 3.05) is 6.61 Å². The molecule has 0 aliphatic heterocycles. The van der Waals surface area contributed by atoms with Crippen LogP contribution in [0.25, 0.3) is 0 Å². The van der Waals surface area contributed by atoms with Gasteiger partial charge in [0.1, 0.15) is 11.9 Å². The fourth-order valence-electron chi connectivity index (χ4n) is 2.81. The summed E-state index contributed by atoms with van der Waals surface area (Å²) in [4.78, 5) is 0. The van der Waals surface area contributed by atoms with E-state index in [1.807, 2.05) is 54.6 Å². The molecule has 3 aromatic carbocycles. The molecule has 0 bridgehead atoms. The summed E-state index contributed by atoms with van der Waals surface area (Å²) in [6.45, 7) is 0.190. The maximum atomic E-state index is 9.12. The van der Waals surface area contributed by atoms with E-state index >= 15 is 0 Å². The van der Waals surface area contributed by atoms with Crippen LogP contribution in [0, 0.1) is 0 Å². The average molecular weight is 318 g/mol. The molecule has 0 saturated carbocycles. The summed E-state index contributed by atoms with van der Waals surface area (Å²) in [6, 6.07) is 28.6. The smallest absolute Gasteiger partial charge is 0.149 e. The number of aliphatic hydroxyl groups is 1. The zero-order valence-corrected chi connectivity index (χ0v) is 13.6. The summed E-state index contributed by atoms with van der Waals surface area (Å²) >= 11 is 0. The molecular formula is C22H22O2. The van der Waals surface area contributed by atoms with Gasteiger partial charge in [0.25, 0.3) is 0 Å². The fourth-order valence-corrected chi connectivity index (χ4v) is 2.81. The van der Waals surface area contributed by atoms with Gasteiger partial charge in [0.05, 0.1) is 0 Å². The zero-order chi connectivity index (χ0) is 16.6. The third-order valence-corrected chi connectivity index (χ3v) is 4.03. The van der Waals surface area contributed by atoms with Gasteiger partial charge in [-0.05, 0) is 35.6 Å². The summed E-state index contributed by atoms with van der Waals surface area (Å²) in [5.74, 6) is 0.878. The van der Waals surface area contributed by atoms with E-state index in [4.69, 9.17) is 9.84 Å². The predicted molar refractivity (Wildman–Crippen MR) is 97.2 cm³/mol. The minimum Gasteiger partial charge on any atom is -0.481 e. The highest BCUT2D eigenvalue weighted by Crippen LogP contribution is 2.30. The third-order valence-electron chi connectivity index (χ3n) is 4.03. The second kappa shape index (κ2) is 8.32. The maximum absolute atomic E-state index is 9.12. The van der Waals surface area contributed by atoms with Gasteiger partial charge in [-0.3, -0.25) is 0 Å². The average Bonchev–Trinajstić information content (AvgIpc) is 2.66. The first-order valence-corrected chi connectivity index (χ1v) is 8.34. The molecule has 0 aliphatic carbocycles. The van der Waals surface area contributed by atoms with Crippen molar-refractivity contribution in [3.63, 3.8) is 0 Å². The molecule has 24 heavy (non-hydrogen) atoms. The van der Waals surface area contributed by atoms with Gasteiger partial charge in [-0.15, -0.1) is 0 Å². The molecule has 0 aliphatic rings. The van der Waals surface area contributed by atoms with Gasteiger partial charge in [-0.2, -0.15) is 0 Å². The standard InChI is InChI=1S/C22H22O2/c23-17-9-15-18-10-7-8-16-21(18)24-22(19-11-3-1-4-12-19)20-13-5-2-6-14-20/h1-8,10-14,16,22-23H,9,15,17H2. The molecule has 0 amide bonds. The van der Waals surface area contributed by atoms with Crippen molar-refractivity contribution in [3.05, 3.63) is 102 Å². The SMILES string of the molecule is OCCCc1ccccc1OC(c1ccccc1)c1ccccc1. The van der Waals surface area contributed by atoms with Gasteiger partial charge in [-0.25, -0.2) is 0 Å². The van der Waals surface area contributed by atoms with E-state index in [2.05, 4.69) is 30.3 Å². The van der Waals surface area contributed by atoms with Crippen molar-refractivity contribution in [1.82, 2.24) is 0 Å². The van der Waals surface area contributed by atoms with Crippen LogP contribution in [0.4, 0.5) is 0 Å². The molecule has 0 spiro atoms. The Bertz CT molecular complexity index is 699. The molecular weight excluding hydrogens is 296 g/mol. The van der Waals surface area contributed by atoms with Gasteiger partial charge in [0.15, 0.2) is 0 Å². The van der Waals surface area contributed by atoms with Crippen molar-refractivity contribution in [2.45, 2.75) is 18.9 Å². The van der Waals surface area contributed by atoms with Crippen LogP contribution < -0.4 is 4.74 Å². The molecule has 3 aromatic rings. The largest absolute Gasteiger partial charge is 0.481 e. The van der Waals surface area contributed by atoms with Crippen molar-refractivity contribution < 1.29 is 9.84 Å². The highest BCUT2D eigenvalue weighted by Gasteiger charge is 2.17. The van der Waals surface area contributed by atoms with Crippen LogP contribution in [-0.4, -0.2) is 11.7 Å². The number of rotatable bonds is 7. The summed E-state index contributed by atoms with van der Waals surface area (Å²) < 4.78 is 6.43. The Morgan fingerprint density at radius 3 is 1.83 bits per heavy atom. The van der Waals surface area contributed by atoms with Gasteiger partial charge in [0.2, 0.25) is 0 Å². The van der Waals surface area contributed by atoms with Gasteiger partial charge in [0, 0.05) is 6.61 Å². The Balaban J connectivity index is 1.93. The number of aryl methyl sites for hydroxylation is 1. The molecule has 0 saturated heterocycles. The van der Waals surface area contributed by atoms with Crippen molar-refractivity contribution >= 4 is 0 Å². The van der Waals surface area contributed by atoms with Gasteiger partial charge in [-0.1, -0.05) is 78.9 Å². The fraction of sp³-hybridized carbons (Fsp3) is 0.182. The quantitative estimate of drug-likeness (QED) is 0.679. The molecule has 3 rings (SSSR count). The Morgan fingerprint density at radius 1 is 0.708 bits per heavy atom. The first kappa shape index (κ1) is 16.3. The second-order valence-electron chi connectivity index (χ2n) is 5.75. The number of benzene rings is 3. The van der Waals surface area contributed by atoms with E-state index in [1.54, 1.807) is 0 Å². The van der Waals surface area contributed by atoms with Crippen LogP contribution in [0.1, 0.15) is 29.2 Å². The number of hydrogen-bond acceptors (Lipinski definition) is 2. The topological polar surface area (TPSA) is 29.5 Å². The molecule has 0 aromatic heterocycles. The van der Waals surface area contributed by atoms with E-state index < -0.39 is 0 Å². The molecule has 0 unspecified atom stereocenters. The lowest BCUT2D eigenvalue weighted by molar-refractivity contribution is 0.243. The van der Waals surface area contributed by atoms with E-state index in [0.717, 1.165) is 35.3 Å². The monoisotopic (exact) mass is 318 g/mol. The van der Waals surface area contributed by atoms with E-state index in [9.17, 15) is 0 Å². The molecule has 0 fully saturated rings. The highest BCUT2D eigenvalue weighted by molar-refractivity contribution is 5.37. The number of ether oxygens (including phenoxy) is 1. The number of hydrogen-bond donors (Lipinski definition) is 1. The van der Waals surface area contributed by atoms with Gasteiger partial charge >= 0.3 is 0 Å². The van der Waals surface area contributed by atoms with Crippen LogP contribution in [0.3, 0.4) is 0 Å². The van der Waals surface area contributed by atoms with Crippen LogP contribution >= 0.6 is 0 Å². The third kappa shape index (κ3) is 4.03. The zero-order valence-electron chi connectivity index (χ0n) is 13.6. The first-order valence-electron chi connectivity index (χ1n) is 8.34. The highest BCUT2D eigenvalue weighted by atomic mass is 16.5. The lowest BCUT2D eigenvalue weighted by atomic mass is 10.0. The lowest BCUT2D eigenvalue weighted by Crippen LogP contribution is -2.10. The van der Waals surface area contributed by atoms with Crippen molar-refractivity contribution in [2.24, 2.45) is 0 Å². The predicted octanol–water partition coefficient (Wildman–Crippen LogP) is 4.78. The van der Waals surface area contributed by atoms with Crippen LogP contribution in [0.15, 0.2) is 84.9 Å². The Morgan fingerprint density at radius 2 is 1.25 bits per heavy atom. The molecule has 0 radical (unpaired) electrons. The van der Waals surface area contributed by atoms with Crippen molar-refractivity contribution in [3.8, 4) is 5.75 Å².